The molecule has 2 aliphatic heterocycles. The third-order valence-corrected chi connectivity index (χ3v) is 5.41. The molecule has 0 unspecified atom stereocenters. The number of likely N-dealkylation sites (tertiary alicyclic amines) is 1. The minimum Gasteiger partial charge on any atom is -0.367 e. The largest absolute Gasteiger partial charge is 0.367 e. The van der Waals surface area contributed by atoms with E-state index in [4.69, 9.17) is 23.2 Å². The Labute approximate surface area is 147 Å². The van der Waals surface area contributed by atoms with Crippen molar-refractivity contribution in [3.05, 3.63) is 28.2 Å². The number of carbonyl (C=O) groups excluding carboxylic acids is 1. The fourth-order valence-corrected chi connectivity index (χ4v) is 3.67. The standard InChI is InChI=1S/C17H23Cl2N3O/c1-13-4-6-21(7-5-13)17(23)22-10-8-20(9-11-22)16-12-14(18)2-3-15(16)19/h2-3,12-13H,4-11H2,1H3. The van der Waals surface area contributed by atoms with E-state index in [1.165, 1.54) is 0 Å². The van der Waals surface area contributed by atoms with Gasteiger partial charge in [-0.05, 0) is 37.0 Å². The van der Waals surface area contributed by atoms with E-state index in [-0.39, 0.29) is 6.03 Å². The molecule has 23 heavy (non-hydrogen) atoms. The number of hydrogen-bond donors (Lipinski definition) is 0. The van der Waals surface area contributed by atoms with Crippen LogP contribution in [0.15, 0.2) is 18.2 Å². The van der Waals surface area contributed by atoms with E-state index in [1.54, 1.807) is 6.07 Å². The minimum absolute atomic E-state index is 0.189. The number of rotatable bonds is 1. The van der Waals surface area contributed by atoms with E-state index in [2.05, 4.69) is 11.8 Å². The van der Waals surface area contributed by atoms with E-state index in [0.717, 1.165) is 63.7 Å². The highest BCUT2D eigenvalue weighted by molar-refractivity contribution is 6.35. The summed E-state index contributed by atoms with van der Waals surface area (Å²) in [5, 5.41) is 1.39. The first-order valence-corrected chi connectivity index (χ1v) is 9.04. The molecule has 0 bridgehead atoms. The minimum atomic E-state index is 0.189. The number of piperidine rings is 1. The zero-order chi connectivity index (χ0) is 16.4. The molecule has 0 spiro atoms. The highest BCUT2D eigenvalue weighted by Gasteiger charge is 2.28. The Kier molecular flexibility index (Phi) is 5.22. The Morgan fingerprint density at radius 2 is 1.61 bits per heavy atom. The van der Waals surface area contributed by atoms with E-state index in [9.17, 15) is 4.79 Å². The van der Waals surface area contributed by atoms with Crippen LogP contribution in [0.25, 0.3) is 0 Å². The molecule has 6 heteroatoms. The molecule has 2 heterocycles. The molecule has 2 amide bonds. The average molecular weight is 356 g/mol. The molecule has 0 radical (unpaired) electrons. The van der Waals surface area contributed by atoms with Crippen molar-refractivity contribution < 1.29 is 4.79 Å². The molecule has 2 saturated heterocycles. The van der Waals surface area contributed by atoms with Crippen molar-refractivity contribution in [2.24, 2.45) is 5.92 Å². The summed E-state index contributed by atoms with van der Waals surface area (Å²) in [7, 11) is 0. The van der Waals surface area contributed by atoms with Gasteiger partial charge in [0.05, 0.1) is 10.7 Å². The van der Waals surface area contributed by atoms with Crippen LogP contribution in [-0.4, -0.2) is 55.1 Å². The molecule has 0 aromatic heterocycles. The van der Waals surface area contributed by atoms with E-state index in [1.807, 2.05) is 21.9 Å². The van der Waals surface area contributed by atoms with Crippen LogP contribution in [0, 0.1) is 5.92 Å². The lowest BCUT2D eigenvalue weighted by Gasteiger charge is -2.40. The van der Waals surface area contributed by atoms with Gasteiger partial charge in [0.15, 0.2) is 0 Å². The van der Waals surface area contributed by atoms with Crippen molar-refractivity contribution in [1.29, 1.82) is 0 Å². The van der Waals surface area contributed by atoms with E-state index < -0.39 is 0 Å². The molecule has 2 aliphatic rings. The SMILES string of the molecule is CC1CCN(C(=O)N2CCN(c3cc(Cl)ccc3Cl)CC2)CC1. The zero-order valence-corrected chi connectivity index (χ0v) is 15.0. The third kappa shape index (κ3) is 3.86. The first-order chi connectivity index (χ1) is 11.0. The fourth-order valence-electron chi connectivity index (χ4n) is 3.27. The maximum Gasteiger partial charge on any atom is 0.320 e. The van der Waals surface area contributed by atoms with Gasteiger partial charge in [0.2, 0.25) is 0 Å². The first kappa shape index (κ1) is 16.7. The van der Waals surface area contributed by atoms with Gasteiger partial charge in [-0.25, -0.2) is 4.79 Å². The predicted molar refractivity (Wildman–Crippen MR) is 95.6 cm³/mol. The van der Waals surface area contributed by atoms with Gasteiger partial charge in [0.1, 0.15) is 0 Å². The van der Waals surface area contributed by atoms with Crippen LogP contribution in [0.5, 0.6) is 0 Å². The lowest BCUT2D eigenvalue weighted by molar-refractivity contribution is 0.132. The van der Waals surface area contributed by atoms with Gasteiger partial charge in [0.25, 0.3) is 0 Å². The summed E-state index contributed by atoms with van der Waals surface area (Å²) in [6, 6.07) is 5.71. The van der Waals surface area contributed by atoms with Crippen LogP contribution in [-0.2, 0) is 0 Å². The summed E-state index contributed by atoms with van der Waals surface area (Å²) in [5.74, 6) is 0.737. The van der Waals surface area contributed by atoms with Crippen LogP contribution in [0.4, 0.5) is 10.5 Å². The van der Waals surface area contributed by atoms with Crippen molar-refractivity contribution in [3.8, 4) is 0 Å². The van der Waals surface area contributed by atoms with Crippen molar-refractivity contribution in [2.75, 3.05) is 44.2 Å². The quantitative estimate of drug-likeness (QED) is 0.761. The number of halogens is 2. The van der Waals surface area contributed by atoms with Crippen LogP contribution >= 0.6 is 23.2 Å². The lowest BCUT2D eigenvalue weighted by Crippen LogP contribution is -2.54. The summed E-state index contributed by atoms with van der Waals surface area (Å²) in [4.78, 5) is 18.8. The predicted octanol–water partition coefficient (Wildman–Crippen LogP) is 3.97. The summed E-state index contributed by atoms with van der Waals surface area (Å²) in [6.45, 7) is 7.07. The van der Waals surface area contributed by atoms with E-state index >= 15 is 0 Å². The molecule has 3 rings (SSSR count). The van der Waals surface area contributed by atoms with Gasteiger partial charge in [-0.1, -0.05) is 30.1 Å². The monoisotopic (exact) mass is 355 g/mol. The van der Waals surface area contributed by atoms with Crippen molar-refractivity contribution in [1.82, 2.24) is 9.80 Å². The van der Waals surface area contributed by atoms with Gasteiger partial charge < -0.3 is 14.7 Å². The van der Waals surface area contributed by atoms with Gasteiger partial charge in [-0.3, -0.25) is 0 Å². The molecule has 2 fully saturated rings. The second-order valence-electron chi connectivity index (χ2n) is 6.52. The molecule has 1 aromatic carbocycles. The van der Waals surface area contributed by atoms with Crippen LogP contribution in [0.3, 0.4) is 0 Å². The molecule has 0 atom stereocenters. The number of benzene rings is 1. The van der Waals surface area contributed by atoms with Crippen LogP contribution < -0.4 is 4.90 Å². The lowest BCUT2D eigenvalue weighted by atomic mass is 9.99. The van der Waals surface area contributed by atoms with Gasteiger partial charge in [0, 0.05) is 44.3 Å². The number of amides is 2. The smallest absolute Gasteiger partial charge is 0.320 e. The number of carbonyl (C=O) groups is 1. The molecule has 0 saturated carbocycles. The Balaban J connectivity index is 1.58. The van der Waals surface area contributed by atoms with Crippen molar-refractivity contribution in [3.63, 3.8) is 0 Å². The molecule has 1 aromatic rings. The van der Waals surface area contributed by atoms with Crippen molar-refractivity contribution >= 4 is 34.9 Å². The summed E-state index contributed by atoms with van der Waals surface area (Å²) in [6.07, 6.45) is 2.23. The second-order valence-corrected chi connectivity index (χ2v) is 7.37. The Bertz CT molecular complexity index is 565. The fraction of sp³-hybridized carbons (Fsp3) is 0.588. The maximum atomic E-state index is 12.6. The highest BCUT2D eigenvalue weighted by Crippen LogP contribution is 2.30. The molecule has 4 nitrogen and oxygen atoms in total. The highest BCUT2D eigenvalue weighted by atomic mass is 35.5. The summed E-state index contributed by atoms with van der Waals surface area (Å²) < 4.78 is 0. The Hall–Kier alpha value is -1.13. The normalized spacial score (nSPS) is 20.0. The van der Waals surface area contributed by atoms with Crippen molar-refractivity contribution in [2.45, 2.75) is 19.8 Å². The average Bonchev–Trinajstić information content (AvgIpc) is 2.57. The number of urea groups is 1. The number of hydrogen-bond acceptors (Lipinski definition) is 2. The molecule has 126 valence electrons. The molecule has 0 aliphatic carbocycles. The Morgan fingerprint density at radius 3 is 2.26 bits per heavy atom. The molecular weight excluding hydrogens is 333 g/mol. The van der Waals surface area contributed by atoms with Gasteiger partial charge in [-0.2, -0.15) is 0 Å². The van der Waals surface area contributed by atoms with Gasteiger partial charge in [-0.15, -0.1) is 0 Å². The zero-order valence-electron chi connectivity index (χ0n) is 13.5. The number of nitrogens with zero attached hydrogens (tertiary/aromatic N) is 3. The number of piperazine rings is 1. The summed E-state index contributed by atoms with van der Waals surface area (Å²) in [5.41, 5.74) is 0.957. The number of anilines is 1. The Morgan fingerprint density at radius 1 is 1.00 bits per heavy atom. The molecule has 0 N–H and O–H groups in total. The molecular formula is C17H23Cl2N3O. The second kappa shape index (κ2) is 7.18. The van der Waals surface area contributed by atoms with E-state index in [0.29, 0.717) is 10.0 Å². The first-order valence-electron chi connectivity index (χ1n) is 8.28. The van der Waals surface area contributed by atoms with Gasteiger partial charge >= 0.3 is 6.03 Å². The summed E-state index contributed by atoms with van der Waals surface area (Å²) >= 11 is 12.3. The maximum absolute atomic E-state index is 12.6. The van der Waals surface area contributed by atoms with Crippen LogP contribution in [0.2, 0.25) is 10.0 Å². The third-order valence-electron chi connectivity index (χ3n) is 4.85. The van der Waals surface area contributed by atoms with Crippen LogP contribution in [0.1, 0.15) is 19.8 Å². The topological polar surface area (TPSA) is 26.8 Å².